The summed E-state index contributed by atoms with van der Waals surface area (Å²) < 4.78 is 5.00. The summed E-state index contributed by atoms with van der Waals surface area (Å²) in [5.74, 6) is -0.764. The lowest BCUT2D eigenvalue weighted by Crippen LogP contribution is -2.41. The summed E-state index contributed by atoms with van der Waals surface area (Å²) in [6, 6.07) is 0. The van der Waals surface area contributed by atoms with E-state index in [1.165, 1.54) is 19.3 Å². The Labute approximate surface area is 103 Å². The largest absolute Gasteiger partial charge is 0.480 e. The van der Waals surface area contributed by atoms with Gasteiger partial charge in [0.15, 0.2) is 0 Å². The molecular weight excluding hydrogens is 220 g/mol. The first-order valence-corrected chi connectivity index (χ1v) is 6.38. The van der Waals surface area contributed by atoms with E-state index in [9.17, 15) is 4.79 Å². The van der Waals surface area contributed by atoms with Crippen LogP contribution in [0, 0.1) is 0 Å². The Hall–Kier alpha value is -0.650. The number of ether oxygens (including phenoxy) is 1. The topological polar surface area (TPSA) is 53.0 Å². The first-order chi connectivity index (χ1) is 8.22. The van der Waals surface area contributed by atoms with E-state index < -0.39 is 5.97 Å². The molecule has 0 radical (unpaired) electrons. The lowest BCUT2D eigenvalue weighted by molar-refractivity contribution is -0.138. The molecule has 0 spiro atoms. The Morgan fingerprint density at radius 3 is 2.59 bits per heavy atom. The summed E-state index contributed by atoms with van der Waals surface area (Å²) in [4.78, 5) is 15.1. The summed E-state index contributed by atoms with van der Waals surface area (Å²) in [5, 5.41) is 8.82. The molecule has 5 heteroatoms. The van der Waals surface area contributed by atoms with Gasteiger partial charge in [0, 0.05) is 26.7 Å². The highest BCUT2D eigenvalue weighted by Gasteiger charge is 2.13. The predicted molar refractivity (Wildman–Crippen MR) is 66.2 cm³/mol. The summed E-state index contributed by atoms with van der Waals surface area (Å²) in [5.41, 5.74) is 0. The van der Waals surface area contributed by atoms with E-state index in [0.29, 0.717) is 13.2 Å². The third-order valence-corrected chi connectivity index (χ3v) is 3.15. The summed E-state index contributed by atoms with van der Waals surface area (Å²) in [7, 11) is 1.64. The number of carboxylic acids is 1. The number of hydrogen-bond donors (Lipinski definition) is 1. The van der Waals surface area contributed by atoms with Gasteiger partial charge in [-0.3, -0.25) is 9.69 Å². The highest BCUT2D eigenvalue weighted by atomic mass is 16.5. The van der Waals surface area contributed by atoms with Crippen molar-refractivity contribution in [1.29, 1.82) is 0 Å². The molecule has 0 unspecified atom stereocenters. The van der Waals surface area contributed by atoms with Crippen LogP contribution in [0.1, 0.15) is 19.3 Å². The van der Waals surface area contributed by atoms with Crippen LogP contribution in [0.4, 0.5) is 0 Å². The molecule has 0 bridgehead atoms. The van der Waals surface area contributed by atoms with E-state index in [0.717, 1.165) is 26.2 Å². The van der Waals surface area contributed by atoms with Crippen LogP contribution < -0.4 is 0 Å². The van der Waals surface area contributed by atoms with Crippen molar-refractivity contribution in [2.45, 2.75) is 19.3 Å². The minimum atomic E-state index is -0.764. The Morgan fingerprint density at radius 2 is 2.00 bits per heavy atom. The number of hydrogen-bond acceptors (Lipinski definition) is 4. The second kappa shape index (κ2) is 8.44. The van der Waals surface area contributed by atoms with Crippen molar-refractivity contribution in [3.8, 4) is 0 Å². The van der Waals surface area contributed by atoms with Crippen LogP contribution in [0.15, 0.2) is 0 Å². The van der Waals surface area contributed by atoms with Crippen molar-refractivity contribution in [3.05, 3.63) is 0 Å². The number of piperidine rings is 1. The zero-order valence-corrected chi connectivity index (χ0v) is 10.7. The van der Waals surface area contributed by atoms with E-state index in [-0.39, 0.29) is 6.54 Å². The van der Waals surface area contributed by atoms with Gasteiger partial charge in [-0.05, 0) is 25.9 Å². The predicted octanol–water partition coefficient (Wildman–Crippen LogP) is 0.505. The molecule has 1 heterocycles. The maximum atomic E-state index is 10.7. The first-order valence-electron chi connectivity index (χ1n) is 6.38. The average molecular weight is 244 g/mol. The van der Waals surface area contributed by atoms with E-state index in [1.807, 2.05) is 4.90 Å². The molecule has 0 aliphatic carbocycles. The number of carbonyl (C=O) groups is 1. The van der Waals surface area contributed by atoms with E-state index in [4.69, 9.17) is 9.84 Å². The zero-order valence-electron chi connectivity index (χ0n) is 10.7. The minimum absolute atomic E-state index is 0.108. The van der Waals surface area contributed by atoms with Crippen LogP contribution in [0.2, 0.25) is 0 Å². The van der Waals surface area contributed by atoms with Gasteiger partial charge in [0.05, 0.1) is 13.2 Å². The highest BCUT2D eigenvalue weighted by Crippen LogP contribution is 2.08. The number of methoxy groups -OCH3 is 1. The van der Waals surface area contributed by atoms with E-state index in [1.54, 1.807) is 7.11 Å². The van der Waals surface area contributed by atoms with Gasteiger partial charge in [-0.25, -0.2) is 0 Å². The van der Waals surface area contributed by atoms with Gasteiger partial charge in [-0.15, -0.1) is 0 Å². The van der Waals surface area contributed by atoms with Crippen LogP contribution in [0.5, 0.6) is 0 Å². The van der Waals surface area contributed by atoms with Gasteiger partial charge in [0.25, 0.3) is 0 Å². The van der Waals surface area contributed by atoms with Crippen molar-refractivity contribution in [2.24, 2.45) is 0 Å². The second-order valence-corrected chi connectivity index (χ2v) is 4.56. The Kier molecular flexibility index (Phi) is 7.16. The normalized spacial score (nSPS) is 17.5. The number of carboxylic acid groups (broad SMARTS) is 1. The SMILES string of the molecule is COCCN(CCN1CCCCC1)CC(=O)O. The van der Waals surface area contributed by atoms with Gasteiger partial charge in [-0.2, -0.15) is 0 Å². The number of nitrogens with zero attached hydrogens (tertiary/aromatic N) is 2. The monoisotopic (exact) mass is 244 g/mol. The second-order valence-electron chi connectivity index (χ2n) is 4.56. The molecule has 0 aromatic heterocycles. The molecule has 0 amide bonds. The quantitative estimate of drug-likeness (QED) is 0.674. The molecule has 0 aromatic rings. The fraction of sp³-hybridized carbons (Fsp3) is 0.917. The van der Waals surface area contributed by atoms with Crippen LogP contribution >= 0.6 is 0 Å². The van der Waals surface area contributed by atoms with Crippen molar-refractivity contribution in [3.63, 3.8) is 0 Å². The lowest BCUT2D eigenvalue weighted by Gasteiger charge is -2.29. The van der Waals surface area contributed by atoms with Gasteiger partial charge in [-0.1, -0.05) is 6.42 Å². The van der Waals surface area contributed by atoms with Crippen LogP contribution in [0.25, 0.3) is 0 Å². The molecule has 1 aliphatic heterocycles. The summed E-state index contributed by atoms with van der Waals surface area (Å²) >= 11 is 0. The number of likely N-dealkylation sites (tertiary alicyclic amines) is 1. The number of rotatable bonds is 8. The van der Waals surface area contributed by atoms with E-state index >= 15 is 0 Å². The maximum Gasteiger partial charge on any atom is 0.317 e. The molecule has 17 heavy (non-hydrogen) atoms. The molecule has 1 saturated heterocycles. The van der Waals surface area contributed by atoms with Gasteiger partial charge < -0.3 is 14.7 Å². The summed E-state index contributed by atoms with van der Waals surface area (Å²) in [6.45, 7) is 5.49. The smallest absolute Gasteiger partial charge is 0.317 e. The molecule has 0 aromatic carbocycles. The van der Waals surface area contributed by atoms with Crippen molar-refractivity contribution in [1.82, 2.24) is 9.80 Å². The molecule has 1 fully saturated rings. The van der Waals surface area contributed by atoms with Crippen LogP contribution in [-0.4, -0.2) is 73.9 Å². The maximum absolute atomic E-state index is 10.7. The fourth-order valence-corrected chi connectivity index (χ4v) is 2.15. The standard InChI is InChI=1S/C12H24N2O3/c1-17-10-9-14(11-12(15)16)8-7-13-5-3-2-4-6-13/h2-11H2,1H3,(H,15,16). The summed E-state index contributed by atoms with van der Waals surface area (Å²) in [6.07, 6.45) is 3.88. The number of aliphatic carboxylic acids is 1. The molecule has 0 atom stereocenters. The van der Waals surface area contributed by atoms with Crippen LogP contribution in [-0.2, 0) is 9.53 Å². The average Bonchev–Trinajstić information content (AvgIpc) is 2.33. The van der Waals surface area contributed by atoms with Gasteiger partial charge in [0.1, 0.15) is 0 Å². The molecule has 0 saturated carbocycles. The molecular formula is C12H24N2O3. The third kappa shape index (κ3) is 6.61. The fourth-order valence-electron chi connectivity index (χ4n) is 2.15. The highest BCUT2D eigenvalue weighted by molar-refractivity contribution is 5.69. The van der Waals surface area contributed by atoms with Crippen molar-refractivity contribution < 1.29 is 14.6 Å². The zero-order chi connectivity index (χ0) is 12.5. The van der Waals surface area contributed by atoms with Gasteiger partial charge >= 0.3 is 5.97 Å². The Bertz CT molecular complexity index is 218. The Balaban J connectivity index is 2.23. The molecule has 1 N–H and O–H groups in total. The van der Waals surface area contributed by atoms with E-state index in [2.05, 4.69) is 4.90 Å². The minimum Gasteiger partial charge on any atom is -0.480 e. The lowest BCUT2D eigenvalue weighted by atomic mass is 10.1. The van der Waals surface area contributed by atoms with Crippen molar-refractivity contribution >= 4 is 5.97 Å². The van der Waals surface area contributed by atoms with Crippen molar-refractivity contribution in [2.75, 3.05) is 53.0 Å². The Morgan fingerprint density at radius 1 is 1.29 bits per heavy atom. The molecule has 5 nitrogen and oxygen atoms in total. The molecule has 1 aliphatic rings. The molecule has 100 valence electrons. The van der Waals surface area contributed by atoms with Gasteiger partial charge in [0.2, 0.25) is 0 Å². The first kappa shape index (κ1) is 14.4. The molecule has 1 rings (SSSR count). The third-order valence-electron chi connectivity index (χ3n) is 3.15. The van der Waals surface area contributed by atoms with Crippen LogP contribution in [0.3, 0.4) is 0 Å².